The molecular formula is C67H83Cl5N13O6P. The van der Waals surface area contributed by atoms with Crippen LogP contribution >= 0.6 is 65.9 Å². The van der Waals surface area contributed by atoms with Gasteiger partial charge in [0.15, 0.2) is 5.82 Å². The second-order valence-electron chi connectivity index (χ2n) is 25.0. The maximum atomic E-state index is 12.2. The van der Waals surface area contributed by atoms with Gasteiger partial charge in [-0.2, -0.15) is 5.26 Å². The summed E-state index contributed by atoms with van der Waals surface area (Å²) in [5.41, 5.74) is 11.3. The minimum absolute atomic E-state index is 0.108. The predicted octanol–water partition coefficient (Wildman–Crippen LogP) is 15.6. The van der Waals surface area contributed by atoms with E-state index in [-0.39, 0.29) is 66.4 Å². The van der Waals surface area contributed by atoms with Gasteiger partial charge in [0.2, 0.25) is 0 Å². The fraction of sp³-hybridized carbons (Fsp3) is 0.433. The molecule has 0 bridgehead atoms. The average molecular weight is 1370 g/mol. The number of carbonyl (C=O) groups is 4. The van der Waals surface area contributed by atoms with Crippen molar-refractivity contribution in [1.29, 1.82) is 5.26 Å². The largest absolute Gasteiger partial charge is 0.447 e. The van der Waals surface area contributed by atoms with Gasteiger partial charge in [-0.05, 0) is 92.3 Å². The SMILES string of the molecule is CC(C)(C)P(c1ccccc1-c1ccccc1)C(C)(C)C.CC(C)OC(=O)N1CCC(n2cc(Cl)c(C#N)c2N=CN)CC1.CC(C)OC(=O)N1CCC(n2cc(Cl)c3c(Cc4ncc(C(=O)N(C)C)cc4Cl)ncnc32)CC1.CN(C)C(=O)c1cnc(Cl)c(Cl)c1. The van der Waals surface area contributed by atoms with Gasteiger partial charge in [0.05, 0.1) is 66.5 Å². The highest BCUT2D eigenvalue weighted by Gasteiger charge is 2.37. The fourth-order valence-corrected chi connectivity index (χ4v) is 16.1. The lowest BCUT2D eigenvalue weighted by atomic mass is 10.1. The third kappa shape index (κ3) is 19.5. The van der Waals surface area contributed by atoms with Crippen LogP contribution < -0.4 is 11.0 Å². The molecule has 92 heavy (non-hydrogen) atoms. The Kier molecular flexibility index (Phi) is 26.7. The number of nitrogens with two attached hydrogens (primary N) is 1. The van der Waals surface area contributed by atoms with Crippen LogP contribution in [0.15, 0.2) is 103 Å². The number of likely N-dealkylation sites (tertiary alicyclic amines) is 2. The lowest BCUT2D eigenvalue weighted by Gasteiger charge is -2.42. The molecular weight excluding hydrogens is 1290 g/mol. The molecule has 25 heteroatoms. The van der Waals surface area contributed by atoms with Gasteiger partial charge in [0.1, 0.15) is 28.8 Å². The van der Waals surface area contributed by atoms with Crippen LogP contribution in [0, 0.1) is 11.3 Å². The Hall–Kier alpha value is -7.04. The molecule has 0 unspecified atom stereocenters. The molecule has 2 aliphatic heterocycles. The molecule has 4 amide bonds. The summed E-state index contributed by atoms with van der Waals surface area (Å²) in [6, 6.07) is 25.2. The summed E-state index contributed by atoms with van der Waals surface area (Å²) < 4.78 is 14.5. The van der Waals surface area contributed by atoms with Gasteiger partial charge in [0, 0.05) is 97.7 Å². The van der Waals surface area contributed by atoms with Crippen molar-refractivity contribution in [1.82, 2.24) is 48.7 Å². The number of nitrogens with zero attached hydrogens (tertiary/aromatic N) is 12. The van der Waals surface area contributed by atoms with Gasteiger partial charge in [-0.1, -0.05) is 162 Å². The summed E-state index contributed by atoms with van der Waals surface area (Å²) in [6.07, 6.45) is 11.7. The third-order valence-corrected chi connectivity index (χ3v) is 19.9. The van der Waals surface area contributed by atoms with Crippen molar-refractivity contribution in [2.75, 3.05) is 54.4 Å². The Morgan fingerprint density at radius 1 is 0.674 bits per heavy atom. The zero-order valence-corrected chi connectivity index (χ0v) is 59.4. The summed E-state index contributed by atoms with van der Waals surface area (Å²) in [7, 11) is 6.39. The lowest BCUT2D eigenvalue weighted by molar-refractivity contribution is 0.0653. The van der Waals surface area contributed by atoms with E-state index in [1.165, 1.54) is 51.0 Å². The van der Waals surface area contributed by atoms with Crippen molar-refractivity contribution in [3.8, 4) is 17.2 Å². The van der Waals surface area contributed by atoms with Gasteiger partial charge in [-0.3, -0.25) is 14.6 Å². The van der Waals surface area contributed by atoms with E-state index >= 15 is 0 Å². The van der Waals surface area contributed by atoms with Gasteiger partial charge in [0.25, 0.3) is 11.8 Å². The van der Waals surface area contributed by atoms with Crippen LogP contribution in [0.1, 0.15) is 145 Å². The number of aliphatic imine (C=N–C) groups is 1. The first-order chi connectivity index (χ1) is 43.4. The number of carbonyl (C=O) groups excluding carboxylic acids is 4. The molecule has 5 aromatic heterocycles. The molecule has 2 N–H and O–H groups in total. The summed E-state index contributed by atoms with van der Waals surface area (Å²) in [6.45, 7) is 24.0. The molecule has 9 rings (SSSR count). The molecule has 2 aromatic carbocycles. The first kappa shape index (κ1) is 74.0. The molecule has 7 aromatic rings. The van der Waals surface area contributed by atoms with Crippen molar-refractivity contribution in [2.45, 2.75) is 136 Å². The quantitative estimate of drug-likeness (QED) is 0.0553. The van der Waals surface area contributed by atoms with E-state index in [1.807, 2.05) is 38.5 Å². The molecule has 492 valence electrons. The Labute approximate surface area is 566 Å². The number of ether oxygens (including phenoxy) is 2. The molecule has 2 fully saturated rings. The highest BCUT2D eigenvalue weighted by Crippen LogP contribution is 2.59. The molecule has 0 radical (unpaired) electrons. The molecule has 7 heterocycles. The van der Waals surface area contributed by atoms with E-state index in [2.05, 4.69) is 132 Å². The van der Waals surface area contributed by atoms with Crippen LogP contribution in [0.5, 0.6) is 0 Å². The lowest BCUT2D eigenvalue weighted by Crippen LogP contribution is -2.40. The average Bonchev–Trinajstić information content (AvgIpc) is 1.36. The van der Waals surface area contributed by atoms with Crippen molar-refractivity contribution in [2.24, 2.45) is 10.7 Å². The van der Waals surface area contributed by atoms with Crippen LogP contribution in [-0.2, 0) is 15.9 Å². The molecule has 2 saturated heterocycles. The van der Waals surface area contributed by atoms with Crippen LogP contribution in [-0.4, -0.2) is 156 Å². The zero-order valence-electron chi connectivity index (χ0n) is 54.7. The monoisotopic (exact) mass is 1370 g/mol. The Balaban J connectivity index is 0.000000206. The minimum atomic E-state index is -0.290. The second-order valence-corrected chi connectivity index (χ2v) is 30.8. The summed E-state index contributed by atoms with van der Waals surface area (Å²) in [4.78, 5) is 75.3. The number of hydrogen-bond donors (Lipinski definition) is 1. The number of aromatic nitrogens is 6. The highest BCUT2D eigenvalue weighted by atomic mass is 35.5. The van der Waals surface area contributed by atoms with E-state index in [0.29, 0.717) is 91.9 Å². The molecule has 0 atom stereocenters. The topological polar surface area (TPSA) is 223 Å². The van der Waals surface area contributed by atoms with E-state index in [4.69, 9.17) is 73.2 Å². The molecule has 0 saturated carbocycles. The summed E-state index contributed by atoms with van der Waals surface area (Å²) >= 11 is 30.5. The summed E-state index contributed by atoms with van der Waals surface area (Å²) in [5, 5.41) is 13.8. The number of hydrogen-bond acceptors (Lipinski definition) is 12. The Bertz CT molecular complexity index is 3730. The number of piperidine rings is 2. The van der Waals surface area contributed by atoms with Crippen molar-refractivity contribution >= 4 is 118 Å². The number of benzene rings is 2. The number of fused-ring (bicyclic) bond motifs is 1. The molecule has 0 spiro atoms. The molecule has 2 aliphatic rings. The first-order valence-electron chi connectivity index (χ1n) is 30.2. The van der Waals surface area contributed by atoms with Gasteiger partial charge in [-0.25, -0.2) is 29.5 Å². The van der Waals surface area contributed by atoms with Crippen molar-refractivity contribution in [3.05, 3.63) is 151 Å². The standard InChI is InChI=1S/C24H28Cl2N6O3.C20H27P.C15H20ClN5O2.C8H8Cl2N2O/c1-14(2)35-24(34)31-7-5-16(6-8-31)32-12-18(26)21-20(28-13-29-22(21)32)10-19-17(25)9-15(11-27-19)23(33)30(3)4;1-19(2,3)21(20(4,5)6)18-15-11-10-14-17(18)16-12-8-7-9-13-16;1-10(2)23-15(22)20-5-3-11(4-6-20)21-8-13(16)12(7-17)14(21)19-9-18;1-12(2)8(13)5-3-6(9)7(10)11-4-5/h9,11-14,16H,5-8,10H2,1-4H3;7-15H,1-6H3;8-11H,3-6H2,1-2H3,(H2,18,19);3-4H,1-2H3. The van der Waals surface area contributed by atoms with E-state index in [9.17, 15) is 24.4 Å². The van der Waals surface area contributed by atoms with Gasteiger partial charge < -0.3 is 43.9 Å². The zero-order chi connectivity index (χ0) is 67.9. The van der Waals surface area contributed by atoms with Gasteiger partial charge >= 0.3 is 12.2 Å². The second kappa shape index (κ2) is 33.2. The van der Waals surface area contributed by atoms with Crippen LogP contribution in [0.2, 0.25) is 25.2 Å². The number of halogens is 5. The number of pyridine rings is 2. The smallest absolute Gasteiger partial charge is 0.410 e. The van der Waals surface area contributed by atoms with E-state index in [1.54, 1.807) is 50.3 Å². The number of amides is 4. The fourth-order valence-electron chi connectivity index (χ4n) is 11.0. The normalized spacial score (nSPS) is 13.8. The minimum Gasteiger partial charge on any atom is -0.447 e. The maximum Gasteiger partial charge on any atom is 0.410 e. The Morgan fingerprint density at radius 2 is 1.16 bits per heavy atom. The van der Waals surface area contributed by atoms with E-state index in [0.717, 1.165) is 43.1 Å². The third-order valence-electron chi connectivity index (χ3n) is 14.7. The predicted molar refractivity (Wildman–Crippen MR) is 372 cm³/mol. The van der Waals surface area contributed by atoms with Gasteiger partial charge in [-0.15, -0.1) is 0 Å². The van der Waals surface area contributed by atoms with Crippen molar-refractivity contribution < 1.29 is 28.7 Å². The molecule has 0 aliphatic carbocycles. The number of nitriles is 1. The van der Waals surface area contributed by atoms with Crippen LogP contribution in [0.3, 0.4) is 0 Å². The van der Waals surface area contributed by atoms with Crippen LogP contribution in [0.4, 0.5) is 15.4 Å². The number of rotatable bonds is 11. The van der Waals surface area contributed by atoms with Crippen LogP contribution in [0.25, 0.3) is 22.2 Å². The first-order valence-corrected chi connectivity index (χ1v) is 33.4. The highest BCUT2D eigenvalue weighted by molar-refractivity contribution is 7.68. The summed E-state index contributed by atoms with van der Waals surface area (Å²) in [5.74, 6) is 0.147. The molecule has 19 nitrogen and oxygen atoms in total. The Morgan fingerprint density at radius 3 is 1.64 bits per heavy atom. The maximum absolute atomic E-state index is 12.2. The van der Waals surface area contributed by atoms with Crippen molar-refractivity contribution in [3.63, 3.8) is 0 Å². The van der Waals surface area contributed by atoms with E-state index < -0.39 is 0 Å².